The van der Waals surface area contributed by atoms with E-state index in [-0.39, 0.29) is 16.5 Å². The molecular weight excluding hydrogens is 816 g/mol. The van der Waals surface area contributed by atoms with Crippen LogP contribution in [0.4, 0.5) is 0 Å². The van der Waals surface area contributed by atoms with Gasteiger partial charge in [-0.3, -0.25) is 0 Å². The summed E-state index contributed by atoms with van der Waals surface area (Å²) < 4.78 is 6.17. The van der Waals surface area contributed by atoms with Gasteiger partial charge in [-0.25, -0.2) is 0 Å². The van der Waals surface area contributed by atoms with Gasteiger partial charge >= 0.3 is 0 Å². The SMILES string of the molecule is CCC(C)c1ccc(Cc2ccccc2)c(/C([S-])=C(/[S-])c2ccccc2)c1.CCC(C)c1ccc(OCCc2ccccc2)c(/C([S-])=C(/[S-])c2ccccc2)c1.[Ni]. The van der Waals surface area contributed by atoms with Crippen LogP contribution in [-0.2, 0) is 79.8 Å². The standard InChI is InChI=1S/C26H28OS2.C25H26S2.Ni/c1-3-19(2)22-14-15-24(27-17-16-20-10-6-4-7-11-20)23(18-22)26(29)25(28)21-12-8-5-9-13-21;1-3-18(2)21-14-15-22(16-19-10-6-4-7-11-19)23(17-21)25(27)24(26)20-12-8-5-9-13-20;/h4-15,18-19,28-29H,3,16-17H2,1-2H3;4-15,17-18,26-27H,3,16H2,1-2H3;/p-4/b26-25-;25-24-;. The van der Waals surface area contributed by atoms with Crippen molar-refractivity contribution < 1.29 is 21.2 Å². The predicted octanol–water partition coefficient (Wildman–Crippen LogP) is 13.4. The average Bonchev–Trinajstić information content (AvgIpc) is 3.26. The van der Waals surface area contributed by atoms with Gasteiger partial charge in [-0.05, 0) is 93.3 Å². The number of ether oxygens (including phenoxy) is 1. The third-order valence-electron chi connectivity index (χ3n) is 10.2. The Labute approximate surface area is 374 Å². The molecule has 0 aliphatic carbocycles. The molecule has 0 saturated carbocycles. The number of rotatable bonds is 14. The van der Waals surface area contributed by atoms with E-state index in [1.165, 1.54) is 27.8 Å². The first kappa shape index (κ1) is 45.7. The van der Waals surface area contributed by atoms with E-state index in [1.807, 2.05) is 78.9 Å². The van der Waals surface area contributed by atoms with Crippen LogP contribution in [0, 0.1) is 0 Å². The summed E-state index contributed by atoms with van der Waals surface area (Å²) in [5.74, 6) is 1.76. The van der Waals surface area contributed by atoms with Crippen molar-refractivity contribution in [1.29, 1.82) is 0 Å². The topological polar surface area (TPSA) is 9.23 Å². The first-order valence-electron chi connectivity index (χ1n) is 19.5. The van der Waals surface area contributed by atoms with E-state index in [0.717, 1.165) is 63.5 Å². The smallest absolute Gasteiger partial charge is 0.124 e. The molecular formula is C51H50NiOS4-4. The molecule has 0 bridgehead atoms. The Kier molecular flexibility index (Phi) is 18.7. The number of hydrogen-bond donors (Lipinski definition) is 0. The fraction of sp³-hybridized carbons (Fsp3) is 0.216. The van der Waals surface area contributed by atoms with Gasteiger partial charge in [-0.15, -0.1) is 0 Å². The molecule has 0 saturated heterocycles. The molecule has 0 amide bonds. The molecule has 0 aliphatic rings. The molecule has 1 nitrogen and oxygen atoms in total. The van der Waals surface area contributed by atoms with Crippen LogP contribution in [0.1, 0.15) is 102 Å². The van der Waals surface area contributed by atoms with Gasteiger partial charge in [0.15, 0.2) is 0 Å². The predicted molar refractivity (Wildman–Crippen MR) is 251 cm³/mol. The molecule has 0 aromatic heterocycles. The van der Waals surface area contributed by atoms with Gasteiger partial charge in [-0.2, -0.15) is 19.6 Å². The van der Waals surface area contributed by atoms with Gasteiger partial charge in [0.05, 0.1) is 6.61 Å². The van der Waals surface area contributed by atoms with Crippen molar-refractivity contribution in [2.45, 2.75) is 65.2 Å². The molecule has 6 aromatic carbocycles. The van der Waals surface area contributed by atoms with Crippen LogP contribution in [0.2, 0.25) is 0 Å². The molecule has 6 aromatic rings. The van der Waals surface area contributed by atoms with Gasteiger partial charge in [0.1, 0.15) is 5.75 Å². The van der Waals surface area contributed by atoms with Crippen molar-refractivity contribution in [3.05, 3.63) is 208 Å². The van der Waals surface area contributed by atoms with Crippen LogP contribution >= 0.6 is 0 Å². The molecule has 2 unspecified atom stereocenters. The minimum absolute atomic E-state index is 0. The van der Waals surface area contributed by atoms with Crippen LogP contribution in [0.5, 0.6) is 5.75 Å². The Morgan fingerprint density at radius 1 is 0.491 bits per heavy atom. The Hall–Kier alpha value is -4.03. The summed E-state index contributed by atoms with van der Waals surface area (Å²) in [7, 11) is 0. The van der Waals surface area contributed by atoms with Gasteiger partial charge in [-0.1, -0.05) is 173 Å². The molecule has 57 heavy (non-hydrogen) atoms. The van der Waals surface area contributed by atoms with Crippen LogP contribution in [0.3, 0.4) is 0 Å². The van der Waals surface area contributed by atoms with E-state index in [9.17, 15) is 0 Å². The zero-order chi connectivity index (χ0) is 39.9. The second-order valence-corrected chi connectivity index (χ2v) is 15.7. The summed E-state index contributed by atoms with van der Waals surface area (Å²) in [6.45, 7) is 9.50. The monoisotopic (exact) mass is 864 g/mol. The van der Waals surface area contributed by atoms with Crippen LogP contribution in [0.15, 0.2) is 158 Å². The van der Waals surface area contributed by atoms with Crippen molar-refractivity contribution in [3.63, 3.8) is 0 Å². The van der Waals surface area contributed by atoms with E-state index in [1.54, 1.807) is 0 Å². The third kappa shape index (κ3) is 13.0. The quantitative estimate of drug-likeness (QED) is 0.0611. The maximum absolute atomic E-state index is 6.17. The minimum Gasteiger partial charge on any atom is -0.781 e. The zero-order valence-electron chi connectivity index (χ0n) is 33.1. The maximum Gasteiger partial charge on any atom is 0.124 e. The number of benzene rings is 6. The summed E-state index contributed by atoms with van der Waals surface area (Å²) in [5.41, 5.74) is 10.3. The van der Waals surface area contributed by atoms with Crippen LogP contribution < -0.4 is 4.74 Å². The molecule has 298 valence electrons. The molecule has 0 aliphatic heterocycles. The summed E-state index contributed by atoms with van der Waals surface area (Å²) >= 11 is 23.1. The Bertz CT molecular complexity index is 2190. The molecule has 2 atom stereocenters. The first-order valence-corrected chi connectivity index (χ1v) is 21.1. The Morgan fingerprint density at radius 3 is 1.40 bits per heavy atom. The van der Waals surface area contributed by atoms with E-state index in [4.69, 9.17) is 55.3 Å². The summed E-state index contributed by atoms with van der Waals surface area (Å²) in [5, 5.41) is 0. The molecule has 0 fully saturated rings. The Morgan fingerprint density at radius 2 is 0.912 bits per heavy atom. The fourth-order valence-electron chi connectivity index (χ4n) is 6.32. The van der Waals surface area contributed by atoms with Crippen molar-refractivity contribution >= 4 is 70.1 Å². The maximum atomic E-state index is 6.17. The summed E-state index contributed by atoms with van der Waals surface area (Å²) in [6.07, 6.45) is 3.88. The van der Waals surface area contributed by atoms with Crippen LogP contribution in [-0.4, -0.2) is 6.61 Å². The van der Waals surface area contributed by atoms with E-state index >= 15 is 0 Å². The largest absolute Gasteiger partial charge is 0.781 e. The van der Waals surface area contributed by atoms with Gasteiger partial charge in [0.2, 0.25) is 0 Å². The molecule has 0 radical (unpaired) electrons. The molecule has 0 spiro atoms. The first-order chi connectivity index (χ1) is 27.2. The van der Waals surface area contributed by atoms with E-state index in [2.05, 4.69) is 107 Å². The molecule has 0 N–H and O–H groups in total. The molecule has 0 heterocycles. The van der Waals surface area contributed by atoms with Crippen LogP contribution in [0.25, 0.3) is 19.6 Å². The molecule has 6 rings (SSSR count). The second kappa shape index (κ2) is 23.4. The fourth-order valence-corrected chi connectivity index (χ4v) is 7.40. The van der Waals surface area contributed by atoms with Crippen molar-refractivity contribution in [2.75, 3.05) is 6.61 Å². The number of hydrogen-bond acceptors (Lipinski definition) is 5. The Balaban J connectivity index is 0.000000249. The summed E-state index contributed by atoms with van der Waals surface area (Å²) in [6, 6.07) is 54.0. The van der Waals surface area contributed by atoms with Gasteiger partial charge < -0.3 is 55.3 Å². The molecule has 6 heteroatoms. The van der Waals surface area contributed by atoms with Gasteiger partial charge in [0, 0.05) is 22.9 Å². The van der Waals surface area contributed by atoms with E-state index < -0.39 is 0 Å². The summed E-state index contributed by atoms with van der Waals surface area (Å²) in [4.78, 5) is 2.88. The normalized spacial score (nSPS) is 12.8. The van der Waals surface area contributed by atoms with E-state index in [0.29, 0.717) is 28.3 Å². The zero-order valence-corrected chi connectivity index (χ0v) is 37.3. The second-order valence-electron chi connectivity index (χ2n) is 14.1. The minimum atomic E-state index is 0. The van der Waals surface area contributed by atoms with Gasteiger partial charge in [0.25, 0.3) is 0 Å². The third-order valence-corrected chi connectivity index (χ3v) is 12.2. The average molecular weight is 866 g/mol. The van der Waals surface area contributed by atoms with Crippen molar-refractivity contribution in [2.24, 2.45) is 0 Å². The van der Waals surface area contributed by atoms with Crippen molar-refractivity contribution in [3.8, 4) is 5.75 Å². The van der Waals surface area contributed by atoms with Crippen molar-refractivity contribution in [1.82, 2.24) is 0 Å².